The standard InChI is InChI=1S/C19H26N2O4/c1-12(2)16(20-18(24)25-19(3,4)5)17(23)21-11-10-15(22)13-8-6-7-9-14(13)21/h6-9,12,16H,10-11H2,1-5H3,(H,20,24). The molecule has 0 spiro atoms. The van der Waals surface area contributed by atoms with Gasteiger partial charge in [-0.25, -0.2) is 4.79 Å². The first-order valence-electron chi connectivity index (χ1n) is 8.53. The molecule has 1 aromatic rings. The molecule has 0 saturated heterocycles. The Morgan fingerprint density at radius 3 is 2.44 bits per heavy atom. The Kier molecular flexibility index (Phi) is 5.50. The Morgan fingerprint density at radius 2 is 1.84 bits per heavy atom. The number of hydrogen-bond acceptors (Lipinski definition) is 4. The summed E-state index contributed by atoms with van der Waals surface area (Å²) < 4.78 is 5.27. The first-order valence-corrected chi connectivity index (χ1v) is 8.53. The molecule has 1 heterocycles. The quantitative estimate of drug-likeness (QED) is 0.912. The minimum absolute atomic E-state index is 0.0286. The Morgan fingerprint density at radius 1 is 1.20 bits per heavy atom. The summed E-state index contributed by atoms with van der Waals surface area (Å²) in [5.41, 5.74) is 0.501. The molecule has 136 valence electrons. The highest BCUT2D eigenvalue weighted by Crippen LogP contribution is 2.28. The summed E-state index contributed by atoms with van der Waals surface area (Å²) in [6, 6.07) is 6.33. The predicted molar refractivity (Wildman–Crippen MR) is 95.7 cm³/mol. The van der Waals surface area contributed by atoms with Crippen molar-refractivity contribution in [2.75, 3.05) is 11.4 Å². The monoisotopic (exact) mass is 346 g/mol. The van der Waals surface area contributed by atoms with Gasteiger partial charge in [0, 0.05) is 18.5 Å². The number of nitrogens with zero attached hydrogens (tertiary/aromatic N) is 1. The number of benzene rings is 1. The van der Waals surface area contributed by atoms with Crippen LogP contribution in [0.4, 0.5) is 10.5 Å². The SMILES string of the molecule is CC(C)C(NC(=O)OC(C)(C)C)C(=O)N1CCC(=O)c2ccccc21. The number of hydrogen-bond donors (Lipinski definition) is 1. The highest BCUT2D eigenvalue weighted by Gasteiger charge is 2.34. The fourth-order valence-electron chi connectivity index (χ4n) is 2.76. The minimum atomic E-state index is -0.726. The van der Waals surface area contributed by atoms with Gasteiger partial charge in [0.05, 0.1) is 5.69 Å². The lowest BCUT2D eigenvalue weighted by Gasteiger charge is -2.33. The van der Waals surface area contributed by atoms with Crippen molar-refractivity contribution >= 4 is 23.5 Å². The van der Waals surface area contributed by atoms with Crippen LogP contribution in [-0.4, -0.2) is 36.0 Å². The number of rotatable bonds is 3. The number of amides is 2. The molecule has 1 unspecified atom stereocenters. The van der Waals surface area contributed by atoms with Crippen molar-refractivity contribution < 1.29 is 19.1 Å². The van der Waals surface area contributed by atoms with Crippen LogP contribution >= 0.6 is 0 Å². The number of carbonyl (C=O) groups is 3. The fraction of sp³-hybridized carbons (Fsp3) is 0.526. The summed E-state index contributed by atoms with van der Waals surface area (Å²) in [6.45, 7) is 9.34. The molecule has 0 bridgehead atoms. The van der Waals surface area contributed by atoms with Gasteiger partial charge >= 0.3 is 6.09 Å². The number of anilines is 1. The Hall–Kier alpha value is -2.37. The maximum Gasteiger partial charge on any atom is 0.408 e. The van der Waals surface area contributed by atoms with E-state index in [0.29, 0.717) is 17.8 Å². The van der Waals surface area contributed by atoms with Crippen molar-refractivity contribution in [3.63, 3.8) is 0 Å². The molecule has 0 saturated carbocycles. The van der Waals surface area contributed by atoms with Gasteiger partial charge in [0.1, 0.15) is 11.6 Å². The van der Waals surface area contributed by atoms with E-state index < -0.39 is 17.7 Å². The van der Waals surface area contributed by atoms with Gasteiger partial charge in [-0.3, -0.25) is 9.59 Å². The maximum atomic E-state index is 13.1. The van der Waals surface area contributed by atoms with Crippen molar-refractivity contribution in [1.82, 2.24) is 5.32 Å². The zero-order valence-corrected chi connectivity index (χ0v) is 15.5. The molecule has 1 atom stereocenters. The fourth-order valence-corrected chi connectivity index (χ4v) is 2.76. The highest BCUT2D eigenvalue weighted by molar-refractivity contribution is 6.10. The zero-order chi connectivity index (χ0) is 18.8. The average Bonchev–Trinajstić information content (AvgIpc) is 2.51. The summed E-state index contributed by atoms with van der Waals surface area (Å²) in [5, 5.41) is 2.67. The van der Waals surface area contributed by atoms with E-state index in [1.165, 1.54) is 0 Å². The molecule has 25 heavy (non-hydrogen) atoms. The topological polar surface area (TPSA) is 75.7 Å². The predicted octanol–water partition coefficient (Wildman–Crippen LogP) is 3.16. The Labute approximate surface area is 148 Å². The van der Waals surface area contributed by atoms with Gasteiger partial charge in [0.15, 0.2) is 5.78 Å². The van der Waals surface area contributed by atoms with E-state index in [4.69, 9.17) is 4.74 Å². The Bertz CT molecular complexity index is 676. The van der Waals surface area contributed by atoms with Gasteiger partial charge in [-0.1, -0.05) is 26.0 Å². The third-order valence-corrected chi connectivity index (χ3v) is 3.93. The van der Waals surface area contributed by atoms with Crippen LogP contribution in [0.5, 0.6) is 0 Å². The Balaban J connectivity index is 2.22. The van der Waals surface area contributed by atoms with Gasteiger partial charge < -0.3 is 15.0 Å². The molecule has 2 rings (SSSR count). The number of nitrogens with one attached hydrogen (secondary N) is 1. The van der Waals surface area contributed by atoms with Crippen LogP contribution < -0.4 is 10.2 Å². The van der Waals surface area contributed by atoms with Crippen LogP contribution in [0.25, 0.3) is 0 Å². The molecule has 1 aromatic carbocycles. The van der Waals surface area contributed by atoms with E-state index in [1.807, 2.05) is 13.8 Å². The number of fused-ring (bicyclic) bond motifs is 1. The van der Waals surface area contributed by atoms with Crippen LogP contribution in [-0.2, 0) is 9.53 Å². The second-order valence-electron chi connectivity index (χ2n) is 7.55. The molecular formula is C19H26N2O4. The summed E-state index contributed by atoms with van der Waals surface area (Å²) in [6.07, 6.45) is -0.346. The average molecular weight is 346 g/mol. The van der Waals surface area contributed by atoms with E-state index in [0.717, 1.165) is 0 Å². The lowest BCUT2D eigenvalue weighted by molar-refractivity contribution is -0.121. The van der Waals surface area contributed by atoms with Gasteiger partial charge in [-0.05, 0) is 38.8 Å². The molecule has 0 aliphatic carbocycles. The number of para-hydroxylation sites is 1. The molecule has 6 heteroatoms. The van der Waals surface area contributed by atoms with Crippen molar-refractivity contribution in [2.24, 2.45) is 5.92 Å². The van der Waals surface area contributed by atoms with Crippen LogP contribution in [0.3, 0.4) is 0 Å². The number of Topliss-reactive ketones (excluding diaryl/α,β-unsaturated/α-hetero) is 1. The largest absolute Gasteiger partial charge is 0.444 e. The normalized spacial score (nSPS) is 15.6. The third kappa shape index (κ3) is 4.59. The summed E-state index contributed by atoms with van der Waals surface area (Å²) in [5.74, 6) is -0.327. The molecule has 6 nitrogen and oxygen atoms in total. The second-order valence-corrected chi connectivity index (χ2v) is 7.55. The van der Waals surface area contributed by atoms with Crippen molar-refractivity contribution in [3.8, 4) is 0 Å². The zero-order valence-electron chi connectivity index (χ0n) is 15.5. The lowest BCUT2D eigenvalue weighted by atomic mass is 9.97. The van der Waals surface area contributed by atoms with Crippen LogP contribution in [0.2, 0.25) is 0 Å². The first-order chi connectivity index (χ1) is 11.6. The van der Waals surface area contributed by atoms with Crippen molar-refractivity contribution in [1.29, 1.82) is 0 Å². The van der Waals surface area contributed by atoms with E-state index in [1.54, 1.807) is 49.9 Å². The molecule has 2 amide bonds. The molecule has 1 aliphatic heterocycles. The minimum Gasteiger partial charge on any atom is -0.444 e. The molecule has 0 fully saturated rings. The van der Waals surface area contributed by atoms with Crippen molar-refractivity contribution in [3.05, 3.63) is 29.8 Å². The number of alkyl carbamates (subject to hydrolysis) is 1. The van der Waals surface area contributed by atoms with Crippen molar-refractivity contribution in [2.45, 2.75) is 52.7 Å². The molecule has 0 radical (unpaired) electrons. The van der Waals surface area contributed by atoms with E-state index >= 15 is 0 Å². The van der Waals surface area contributed by atoms with Gasteiger partial charge in [-0.15, -0.1) is 0 Å². The molecule has 1 aliphatic rings. The van der Waals surface area contributed by atoms with Crippen LogP contribution in [0.15, 0.2) is 24.3 Å². The number of ketones is 1. The number of ether oxygens (including phenoxy) is 1. The molecule has 0 aromatic heterocycles. The number of carbonyl (C=O) groups excluding carboxylic acids is 3. The van der Waals surface area contributed by atoms with Crippen LogP contribution in [0.1, 0.15) is 51.4 Å². The maximum absolute atomic E-state index is 13.1. The first kappa shape index (κ1) is 19.0. The van der Waals surface area contributed by atoms with Gasteiger partial charge in [0.25, 0.3) is 0 Å². The lowest BCUT2D eigenvalue weighted by Crippen LogP contribution is -2.53. The molecule has 1 N–H and O–H groups in total. The summed E-state index contributed by atoms with van der Waals surface area (Å²) in [7, 11) is 0. The third-order valence-electron chi connectivity index (χ3n) is 3.93. The van der Waals surface area contributed by atoms with E-state index in [2.05, 4.69) is 5.32 Å². The molecular weight excluding hydrogens is 320 g/mol. The van der Waals surface area contributed by atoms with E-state index in [9.17, 15) is 14.4 Å². The van der Waals surface area contributed by atoms with Gasteiger partial charge in [0.2, 0.25) is 5.91 Å². The second kappa shape index (κ2) is 7.25. The summed E-state index contributed by atoms with van der Waals surface area (Å²) in [4.78, 5) is 38.8. The van der Waals surface area contributed by atoms with Gasteiger partial charge in [-0.2, -0.15) is 0 Å². The van der Waals surface area contributed by atoms with E-state index in [-0.39, 0.29) is 24.0 Å². The highest BCUT2D eigenvalue weighted by atomic mass is 16.6. The van der Waals surface area contributed by atoms with Crippen LogP contribution in [0, 0.1) is 5.92 Å². The smallest absolute Gasteiger partial charge is 0.408 e. The summed E-state index contributed by atoms with van der Waals surface area (Å²) >= 11 is 0.